The molecule has 0 heterocycles. The van der Waals surface area contributed by atoms with Crippen LogP contribution in [0.1, 0.15) is 23.1 Å². The van der Waals surface area contributed by atoms with Gasteiger partial charge in [-0.3, -0.25) is 0 Å². The summed E-state index contributed by atoms with van der Waals surface area (Å²) in [4.78, 5) is 0.920. The molecule has 1 aliphatic carbocycles. The predicted molar refractivity (Wildman–Crippen MR) is 76.8 cm³/mol. The minimum atomic E-state index is -0.545. The highest BCUT2D eigenvalue weighted by Gasteiger charge is 2.15. The van der Waals surface area contributed by atoms with E-state index >= 15 is 0 Å². The molecule has 0 bridgehead atoms. The molecular formula is C16H15F2NS. The number of nitrogens with two attached hydrogens (primary N) is 1. The molecule has 3 rings (SSSR count). The van der Waals surface area contributed by atoms with Crippen LogP contribution in [0.3, 0.4) is 0 Å². The summed E-state index contributed by atoms with van der Waals surface area (Å²) in [6, 6.07) is 8.65. The van der Waals surface area contributed by atoms with Crippen LogP contribution in [0.2, 0.25) is 0 Å². The average Bonchev–Trinajstić information content (AvgIpc) is 2.90. The van der Waals surface area contributed by atoms with Gasteiger partial charge >= 0.3 is 0 Å². The number of hydrogen-bond donors (Lipinski definition) is 1. The molecule has 0 aliphatic heterocycles. The lowest BCUT2D eigenvalue weighted by Crippen LogP contribution is -1.99. The Morgan fingerprint density at radius 2 is 1.70 bits per heavy atom. The first-order valence-corrected chi connectivity index (χ1v) is 7.46. The highest BCUT2D eigenvalue weighted by molar-refractivity contribution is 7.99. The van der Waals surface area contributed by atoms with E-state index in [4.69, 9.17) is 5.73 Å². The molecular weight excluding hydrogens is 276 g/mol. The summed E-state index contributed by atoms with van der Waals surface area (Å²) in [5.41, 5.74) is 8.54. The first kappa shape index (κ1) is 13.6. The van der Waals surface area contributed by atoms with Crippen molar-refractivity contribution in [3.05, 3.63) is 58.7 Å². The van der Waals surface area contributed by atoms with Crippen LogP contribution in [0.4, 0.5) is 8.78 Å². The second kappa shape index (κ2) is 5.54. The number of aryl methyl sites for hydroxylation is 2. The van der Waals surface area contributed by atoms with Gasteiger partial charge in [0.2, 0.25) is 0 Å². The van der Waals surface area contributed by atoms with Crippen molar-refractivity contribution in [1.82, 2.24) is 0 Å². The predicted octanol–water partition coefficient (Wildman–Crippen LogP) is 4.06. The van der Waals surface area contributed by atoms with Crippen LogP contribution >= 0.6 is 11.8 Å². The van der Waals surface area contributed by atoms with Gasteiger partial charge in [0.05, 0.1) is 4.90 Å². The molecule has 2 aromatic rings. The van der Waals surface area contributed by atoms with Crippen molar-refractivity contribution in [2.45, 2.75) is 35.6 Å². The molecule has 104 valence electrons. The van der Waals surface area contributed by atoms with Crippen LogP contribution < -0.4 is 5.73 Å². The van der Waals surface area contributed by atoms with E-state index < -0.39 is 11.6 Å². The second-order valence-corrected chi connectivity index (χ2v) is 6.06. The number of hydrogen-bond acceptors (Lipinski definition) is 2. The fourth-order valence-electron chi connectivity index (χ4n) is 2.56. The fraction of sp³-hybridized carbons (Fsp3) is 0.250. The van der Waals surface area contributed by atoms with Crippen LogP contribution in [0.25, 0.3) is 0 Å². The maximum atomic E-state index is 13.9. The van der Waals surface area contributed by atoms with E-state index in [9.17, 15) is 8.78 Å². The monoisotopic (exact) mass is 291 g/mol. The zero-order valence-electron chi connectivity index (χ0n) is 11.0. The first-order chi connectivity index (χ1) is 9.67. The van der Waals surface area contributed by atoms with Gasteiger partial charge < -0.3 is 5.73 Å². The number of halogens is 2. The summed E-state index contributed by atoms with van der Waals surface area (Å²) < 4.78 is 27.9. The van der Waals surface area contributed by atoms with E-state index in [-0.39, 0.29) is 11.4 Å². The maximum Gasteiger partial charge on any atom is 0.140 e. The molecule has 0 saturated heterocycles. The molecule has 1 aliphatic rings. The van der Waals surface area contributed by atoms with Crippen molar-refractivity contribution in [2.24, 2.45) is 5.73 Å². The van der Waals surface area contributed by atoms with Gasteiger partial charge in [0.1, 0.15) is 11.6 Å². The lowest BCUT2D eigenvalue weighted by Gasteiger charge is -2.08. The molecule has 0 amide bonds. The van der Waals surface area contributed by atoms with Crippen molar-refractivity contribution in [2.75, 3.05) is 0 Å². The Bertz CT molecular complexity index is 632. The fourth-order valence-corrected chi connectivity index (χ4v) is 3.44. The summed E-state index contributed by atoms with van der Waals surface area (Å²) >= 11 is 1.14. The third kappa shape index (κ3) is 2.58. The topological polar surface area (TPSA) is 26.0 Å². The molecule has 1 nitrogen and oxygen atoms in total. The van der Waals surface area contributed by atoms with Gasteiger partial charge in [-0.15, -0.1) is 0 Å². The largest absolute Gasteiger partial charge is 0.326 e. The number of benzene rings is 2. The Hall–Kier alpha value is -1.39. The summed E-state index contributed by atoms with van der Waals surface area (Å²) in [5.74, 6) is -1.09. The van der Waals surface area contributed by atoms with Crippen LogP contribution in [-0.2, 0) is 19.4 Å². The van der Waals surface area contributed by atoms with Crippen molar-refractivity contribution >= 4 is 11.8 Å². The molecule has 0 saturated carbocycles. The third-order valence-electron chi connectivity index (χ3n) is 3.58. The Morgan fingerprint density at radius 1 is 1.00 bits per heavy atom. The van der Waals surface area contributed by atoms with E-state index in [1.54, 1.807) is 0 Å². The average molecular weight is 291 g/mol. The lowest BCUT2D eigenvalue weighted by atomic mass is 10.1. The van der Waals surface area contributed by atoms with Gasteiger partial charge in [0.25, 0.3) is 0 Å². The van der Waals surface area contributed by atoms with Crippen LogP contribution in [0, 0.1) is 11.6 Å². The van der Waals surface area contributed by atoms with Crippen molar-refractivity contribution in [1.29, 1.82) is 0 Å². The van der Waals surface area contributed by atoms with Gasteiger partial charge in [-0.25, -0.2) is 8.78 Å². The van der Waals surface area contributed by atoms with Crippen molar-refractivity contribution < 1.29 is 8.78 Å². The lowest BCUT2D eigenvalue weighted by molar-refractivity contribution is 0.537. The molecule has 20 heavy (non-hydrogen) atoms. The highest BCUT2D eigenvalue weighted by Crippen LogP contribution is 2.35. The number of rotatable bonds is 3. The van der Waals surface area contributed by atoms with Crippen LogP contribution in [0.15, 0.2) is 40.1 Å². The molecule has 0 atom stereocenters. The molecule has 0 aromatic heterocycles. The first-order valence-electron chi connectivity index (χ1n) is 6.65. The van der Waals surface area contributed by atoms with Gasteiger partial charge in [-0.2, -0.15) is 0 Å². The number of fused-ring (bicyclic) bond motifs is 1. The molecule has 0 spiro atoms. The van der Waals surface area contributed by atoms with E-state index in [1.165, 1.54) is 23.3 Å². The van der Waals surface area contributed by atoms with E-state index in [0.717, 1.165) is 35.9 Å². The smallest absolute Gasteiger partial charge is 0.140 e. The molecule has 2 aromatic carbocycles. The Kier molecular flexibility index (Phi) is 3.76. The van der Waals surface area contributed by atoms with Crippen molar-refractivity contribution in [3.8, 4) is 0 Å². The van der Waals surface area contributed by atoms with Gasteiger partial charge in [0.15, 0.2) is 0 Å². The Balaban J connectivity index is 1.91. The van der Waals surface area contributed by atoms with Gasteiger partial charge in [-0.1, -0.05) is 17.8 Å². The van der Waals surface area contributed by atoms with Crippen molar-refractivity contribution in [3.63, 3.8) is 0 Å². The van der Waals surface area contributed by atoms with E-state index in [2.05, 4.69) is 6.07 Å². The zero-order valence-corrected chi connectivity index (χ0v) is 11.8. The summed E-state index contributed by atoms with van der Waals surface area (Å²) in [5, 5.41) is 0. The SMILES string of the molecule is NCc1cc(F)c(Sc2ccc3c(c2)CCC3)c(F)c1. The Labute approximate surface area is 121 Å². The van der Waals surface area contributed by atoms with Crippen LogP contribution in [0.5, 0.6) is 0 Å². The van der Waals surface area contributed by atoms with E-state index in [1.807, 2.05) is 12.1 Å². The minimum absolute atomic E-state index is 0.0418. The molecule has 0 unspecified atom stereocenters. The molecule has 0 fully saturated rings. The zero-order chi connectivity index (χ0) is 14.1. The molecule has 4 heteroatoms. The molecule has 2 N–H and O–H groups in total. The normalized spacial score (nSPS) is 13.6. The molecule has 0 radical (unpaired) electrons. The summed E-state index contributed by atoms with van der Waals surface area (Å²) in [6.45, 7) is 0.137. The quantitative estimate of drug-likeness (QED) is 0.922. The van der Waals surface area contributed by atoms with Crippen LogP contribution in [-0.4, -0.2) is 0 Å². The van der Waals surface area contributed by atoms with E-state index in [0.29, 0.717) is 5.56 Å². The Morgan fingerprint density at radius 3 is 2.40 bits per heavy atom. The van der Waals surface area contributed by atoms with Gasteiger partial charge in [-0.05, 0) is 60.2 Å². The summed E-state index contributed by atoms with van der Waals surface area (Å²) in [6.07, 6.45) is 3.33. The summed E-state index contributed by atoms with van der Waals surface area (Å²) in [7, 11) is 0. The maximum absolute atomic E-state index is 13.9. The standard InChI is InChI=1S/C16H15F2NS/c17-14-6-10(9-19)7-15(18)16(14)20-13-5-4-11-2-1-3-12(11)8-13/h4-8H,1-3,9,19H2. The second-order valence-electron chi connectivity index (χ2n) is 4.98. The third-order valence-corrected chi connectivity index (χ3v) is 4.67. The minimum Gasteiger partial charge on any atom is -0.326 e. The van der Waals surface area contributed by atoms with Gasteiger partial charge in [0, 0.05) is 11.4 Å². The highest BCUT2D eigenvalue weighted by atomic mass is 32.2.